The van der Waals surface area contributed by atoms with Crippen molar-refractivity contribution in [3.8, 4) is 0 Å². The Morgan fingerprint density at radius 2 is 1.09 bits per heavy atom. The third-order valence-corrected chi connectivity index (χ3v) is 4.61. The molecule has 3 aromatic rings. The molecule has 0 aromatic heterocycles. The predicted molar refractivity (Wildman–Crippen MR) is 92.5 cm³/mol. The van der Waals surface area contributed by atoms with E-state index in [9.17, 15) is 4.79 Å². The number of rotatable bonds is 3. The lowest BCUT2D eigenvalue weighted by molar-refractivity contribution is -0.127. The summed E-state index contributed by atoms with van der Waals surface area (Å²) in [7, 11) is 0. The van der Waals surface area contributed by atoms with Gasteiger partial charge in [-0.15, -0.1) is 0 Å². The Hall–Kier alpha value is -2.87. The molecule has 0 radical (unpaired) electrons. The molecule has 0 unspecified atom stereocenters. The molecule has 0 aliphatic carbocycles. The third-order valence-electron chi connectivity index (χ3n) is 4.61. The fourth-order valence-electron chi connectivity index (χ4n) is 3.37. The van der Waals surface area contributed by atoms with Crippen molar-refractivity contribution in [3.63, 3.8) is 0 Å². The second kappa shape index (κ2) is 5.40. The summed E-state index contributed by atoms with van der Waals surface area (Å²) in [6.45, 7) is 0.671. The van der Waals surface area contributed by atoms with E-state index in [0.29, 0.717) is 6.54 Å². The third kappa shape index (κ3) is 2.07. The predicted octanol–water partition coefficient (Wildman–Crippen LogP) is 4.02. The second-order valence-electron chi connectivity index (χ2n) is 5.86. The summed E-state index contributed by atoms with van der Waals surface area (Å²) >= 11 is 0. The molecule has 1 fully saturated rings. The number of hydrogen-bond donors (Lipinski definition) is 0. The van der Waals surface area contributed by atoms with Crippen molar-refractivity contribution in [3.05, 3.63) is 102 Å². The molecule has 23 heavy (non-hydrogen) atoms. The van der Waals surface area contributed by atoms with E-state index in [-0.39, 0.29) is 5.91 Å². The summed E-state index contributed by atoms with van der Waals surface area (Å²) in [5.41, 5.74) is 2.50. The Morgan fingerprint density at radius 3 is 1.52 bits per heavy atom. The minimum atomic E-state index is -0.571. The zero-order valence-corrected chi connectivity index (χ0v) is 12.7. The van der Waals surface area contributed by atoms with Gasteiger partial charge in [0.1, 0.15) is 5.41 Å². The minimum Gasteiger partial charge on any atom is -0.310 e. The number of β-lactam (4-membered cyclic amide) rings is 1. The van der Waals surface area contributed by atoms with Crippen LogP contribution in [-0.2, 0) is 10.2 Å². The number of amides is 1. The first kappa shape index (κ1) is 13.8. The largest absolute Gasteiger partial charge is 0.310 e. The van der Waals surface area contributed by atoms with Gasteiger partial charge in [0.05, 0.1) is 0 Å². The molecule has 0 N–H and O–H groups in total. The lowest BCUT2D eigenvalue weighted by Crippen LogP contribution is -2.65. The maximum absolute atomic E-state index is 13.2. The zero-order valence-electron chi connectivity index (χ0n) is 12.7. The van der Waals surface area contributed by atoms with Crippen LogP contribution < -0.4 is 4.90 Å². The fraction of sp³-hybridized carbons (Fsp3) is 0.0952. The quantitative estimate of drug-likeness (QED) is 0.669. The SMILES string of the molecule is O=C1N(c2ccccc2)CC1(c1ccccc1)c1ccccc1. The first-order valence-electron chi connectivity index (χ1n) is 7.80. The monoisotopic (exact) mass is 299 g/mol. The standard InChI is InChI=1S/C21H17NO/c23-20-21(17-10-4-1-5-11-17,18-12-6-2-7-13-18)16-22(20)19-14-8-3-9-15-19/h1-15H,16H2. The van der Waals surface area contributed by atoms with Gasteiger partial charge in [0.25, 0.3) is 0 Å². The van der Waals surface area contributed by atoms with Crippen molar-refractivity contribution in [1.82, 2.24) is 0 Å². The van der Waals surface area contributed by atoms with Crippen LogP contribution in [0.5, 0.6) is 0 Å². The lowest BCUT2D eigenvalue weighted by Gasteiger charge is -2.49. The lowest BCUT2D eigenvalue weighted by atomic mass is 9.67. The van der Waals surface area contributed by atoms with Crippen LogP contribution in [-0.4, -0.2) is 12.5 Å². The molecule has 0 atom stereocenters. The van der Waals surface area contributed by atoms with Crippen LogP contribution in [0.4, 0.5) is 5.69 Å². The molecule has 0 spiro atoms. The Balaban J connectivity index is 1.80. The topological polar surface area (TPSA) is 20.3 Å². The van der Waals surface area contributed by atoms with Crippen molar-refractivity contribution in [2.75, 3.05) is 11.4 Å². The summed E-state index contributed by atoms with van der Waals surface area (Å²) in [5, 5.41) is 0. The van der Waals surface area contributed by atoms with Gasteiger partial charge in [0.2, 0.25) is 5.91 Å². The van der Waals surface area contributed by atoms with E-state index in [1.54, 1.807) is 0 Å². The number of hydrogen-bond acceptors (Lipinski definition) is 1. The van der Waals surface area contributed by atoms with Crippen molar-refractivity contribution in [2.24, 2.45) is 0 Å². The molecule has 3 aromatic carbocycles. The number of carbonyl (C=O) groups excluding carboxylic acids is 1. The van der Waals surface area contributed by atoms with Gasteiger partial charge in [0, 0.05) is 12.2 Å². The molecule has 112 valence electrons. The molecule has 1 amide bonds. The van der Waals surface area contributed by atoms with Gasteiger partial charge in [-0.25, -0.2) is 0 Å². The van der Waals surface area contributed by atoms with Crippen LogP contribution in [0.15, 0.2) is 91.0 Å². The van der Waals surface area contributed by atoms with Gasteiger partial charge in [-0.05, 0) is 23.3 Å². The van der Waals surface area contributed by atoms with Crippen LogP contribution in [0.25, 0.3) is 0 Å². The molecule has 0 saturated carbocycles. The smallest absolute Gasteiger partial charge is 0.244 e. The molecule has 1 heterocycles. The Kier molecular flexibility index (Phi) is 3.23. The fourth-order valence-corrected chi connectivity index (χ4v) is 3.37. The molecule has 4 rings (SSSR count). The van der Waals surface area contributed by atoms with E-state index in [2.05, 4.69) is 0 Å². The van der Waals surface area contributed by atoms with E-state index >= 15 is 0 Å². The number of nitrogens with zero attached hydrogens (tertiary/aromatic N) is 1. The van der Waals surface area contributed by atoms with Crippen molar-refractivity contribution in [2.45, 2.75) is 5.41 Å². The van der Waals surface area contributed by atoms with Crippen molar-refractivity contribution >= 4 is 11.6 Å². The molecular formula is C21H17NO. The normalized spacial score (nSPS) is 16.0. The minimum absolute atomic E-state index is 0.140. The molecule has 1 aliphatic rings. The highest BCUT2D eigenvalue weighted by atomic mass is 16.2. The van der Waals surface area contributed by atoms with Crippen LogP contribution in [0, 0.1) is 0 Å². The van der Waals surface area contributed by atoms with Gasteiger partial charge in [-0.1, -0.05) is 78.9 Å². The Morgan fingerprint density at radius 1 is 0.652 bits per heavy atom. The van der Waals surface area contributed by atoms with Crippen LogP contribution in [0.1, 0.15) is 11.1 Å². The second-order valence-corrected chi connectivity index (χ2v) is 5.86. The molecule has 1 aliphatic heterocycles. The zero-order chi connectivity index (χ0) is 15.7. The van der Waals surface area contributed by atoms with Gasteiger partial charge in [-0.3, -0.25) is 4.79 Å². The highest BCUT2D eigenvalue weighted by Crippen LogP contribution is 2.43. The molecule has 1 saturated heterocycles. The summed E-state index contributed by atoms with van der Waals surface area (Å²) in [4.78, 5) is 15.1. The number of carbonyl (C=O) groups is 1. The molecule has 0 bridgehead atoms. The average molecular weight is 299 g/mol. The summed E-state index contributed by atoms with van der Waals surface area (Å²) in [6.07, 6.45) is 0. The summed E-state index contributed by atoms with van der Waals surface area (Å²) in [6, 6.07) is 30.0. The van der Waals surface area contributed by atoms with Crippen molar-refractivity contribution < 1.29 is 4.79 Å². The maximum atomic E-state index is 13.2. The van der Waals surface area contributed by atoms with E-state index in [1.807, 2.05) is 95.9 Å². The van der Waals surface area contributed by atoms with E-state index in [0.717, 1.165) is 16.8 Å². The van der Waals surface area contributed by atoms with Gasteiger partial charge >= 0.3 is 0 Å². The van der Waals surface area contributed by atoms with Crippen LogP contribution in [0.3, 0.4) is 0 Å². The Labute approximate surface area is 136 Å². The first-order valence-corrected chi connectivity index (χ1v) is 7.80. The molecular weight excluding hydrogens is 282 g/mol. The van der Waals surface area contributed by atoms with E-state index in [1.165, 1.54) is 0 Å². The molecule has 2 nitrogen and oxygen atoms in total. The van der Waals surface area contributed by atoms with Crippen LogP contribution >= 0.6 is 0 Å². The van der Waals surface area contributed by atoms with Crippen molar-refractivity contribution in [1.29, 1.82) is 0 Å². The first-order chi connectivity index (χ1) is 11.3. The van der Waals surface area contributed by atoms with Gasteiger partial charge in [-0.2, -0.15) is 0 Å². The number of anilines is 1. The van der Waals surface area contributed by atoms with Gasteiger partial charge in [0.15, 0.2) is 0 Å². The molecule has 2 heteroatoms. The maximum Gasteiger partial charge on any atom is 0.244 e. The van der Waals surface area contributed by atoms with Crippen LogP contribution in [0.2, 0.25) is 0 Å². The highest BCUT2D eigenvalue weighted by Gasteiger charge is 2.54. The highest BCUT2D eigenvalue weighted by molar-refractivity contribution is 6.10. The number of benzene rings is 3. The Bertz CT molecular complexity index is 773. The van der Waals surface area contributed by atoms with Gasteiger partial charge < -0.3 is 4.90 Å². The average Bonchev–Trinajstić information content (AvgIpc) is 2.63. The summed E-state index contributed by atoms with van der Waals surface area (Å²) in [5.74, 6) is 0.140. The van der Waals surface area contributed by atoms with E-state index < -0.39 is 5.41 Å². The van der Waals surface area contributed by atoms with E-state index in [4.69, 9.17) is 0 Å². The summed E-state index contributed by atoms with van der Waals surface area (Å²) < 4.78 is 0. The number of para-hydroxylation sites is 1.